The fourth-order valence-corrected chi connectivity index (χ4v) is 5.37. The molecule has 1 saturated heterocycles. The fourth-order valence-electron chi connectivity index (χ4n) is 4.06. The van der Waals surface area contributed by atoms with Gasteiger partial charge in [-0.25, -0.2) is 4.99 Å². The van der Waals surface area contributed by atoms with E-state index in [0.717, 1.165) is 43.6 Å². The maximum absolute atomic E-state index is 13.4. The van der Waals surface area contributed by atoms with Gasteiger partial charge >= 0.3 is 0 Å². The Hall–Kier alpha value is -3.55. The van der Waals surface area contributed by atoms with E-state index >= 15 is 0 Å². The lowest BCUT2D eigenvalue weighted by molar-refractivity contribution is -0.122. The summed E-state index contributed by atoms with van der Waals surface area (Å²) in [7, 11) is 1.63. The third kappa shape index (κ3) is 5.58. The van der Waals surface area contributed by atoms with Crippen LogP contribution in [-0.2, 0) is 11.4 Å². The van der Waals surface area contributed by atoms with Crippen LogP contribution in [0.5, 0.6) is 11.5 Å². The molecular weight excluding hydrogens is 548 g/mol. The van der Waals surface area contributed by atoms with Crippen LogP contribution >= 0.6 is 27.7 Å². The first-order valence-electron chi connectivity index (χ1n) is 11.9. The Bertz CT molecular complexity index is 1500. The van der Waals surface area contributed by atoms with Crippen molar-refractivity contribution in [1.82, 2.24) is 4.90 Å². The Morgan fingerprint density at radius 3 is 2.46 bits per heavy atom. The van der Waals surface area contributed by atoms with Crippen molar-refractivity contribution in [1.29, 1.82) is 0 Å². The van der Waals surface area contributed by atoms with Gasteiger partial charge in [0.1, 0.15) is 18.1 Å². The molecule has 1 fully saturated rings. The number of thioether (sulfide) groups is 1. The number of carbonyl (C=O) groups excluding carboxylic acids is 1. The van der Waals surface area contributed by atoms with Crippen LogP contribution in [0.3, 0.4) is 0 Å². The van der Waals surface area contributed by atoms with Crippen molar-refractivity contribution in [3.05, 3.63) is 105 Å². The van der Waals surface area contributed by atoms with Gasteiger partial charge in [0.2, 0.25) is 0 Å². The third-order valence-corrected chi connectivity index (χ3v) is 7.55. The van der Waals surface area contributed by atoms with Gasteiger partial charge in [-0.15, -0.1) is 0 Å². The summed E-state index contributed by atoms with van der Waals surface area (Å²) in [5.74, 6) is 1.43. The summed E-state index contributed by atoms with van der Waals surface area (Å²) in [6, 6.07) is 27.7. The Kier molecular flexibility index (Phi) is 7.63. The second kappa shape index (κ2) is 11.2. The second-order valence-corrected chi connectivity index (χ2v) is 10.3. The van der Waals surface area contributed by atoms with Crippen LogP contribution in [0.4, 0.5) is 5.69 Å². The number of amidine groups is 1. The van der Waals surface area contributed by atoms with Gasteiger partial charge in [-0.1, -0.05) is 58.4 Å². The van der Waals surface area contributed by atoms with Gasteiger partial charge in [0, 0.05) is 16.6 Å². The van der Waals surface area contributed by atoms with E-state index < -0.39 is 0 Å². The van der Waals surface area contributed by atoms with Gasteiger partial charge in [0.15, 0.2) is 5.17 Å². The van der Waals surface area contributed by atoms with E-state index in [2.05, 4.69) is 28.1 Å². The number of benzene rings is 4. The number of aliphatic imine (C=N–C) groups is 1. The molecule has 0 atom stereocenters. The molecule has 4 aromatic carbocycles. The molecule has 0 saturated carbocycles. The normalized spacial score (nSPS) is 15.6. The number of hydrogen-bond donors (Lipinski definition) is 0. The predicted molar refractivity (Wildman–Crippen MR) is 155 cm³/mol. The van der Waals surface area contributed by atoms with Gasteiger partial charge in [-0.3, -0.25) is 9.69 Å². The lowest BCUT2D eigenvalue weighted by atomic mass is 10.0. The van der Waals surface area contributed by atoms with Gasteiger partial charge in [0.05, 0.1) is 17.7 Å². The quantitative estimate of drug-likeness (QED) is 0.212. The smallest absolute Gasteiger partial charge is 0.266 e. The number of halogens is 1. The summed E-state index contributed by atoms with van der Waals surface area (Å²) < 4.78 is 12.5. The molecule has 37 heavy (non-hydrogen) atoms. The number of carbonyl (C=O) groups is 1. The maximum atomic E-state index is 13.4. The van der Waals surface area contributed by atoms with Crippen LogP contribution in [0.1, 0.15) is 18.1 Å². The van der Waals surface area contributed by atoms with Crippen LogP contribution in [-0.4, -0.2) is 29.6 Å². The molecule has 1 aliphatic rings. The lowest BCUT2D eigenvalue weighted by Gasteiger charge is -2.13. The predicted octanol–water partition coefficient (Wildman–Crippen LogP) is 7.81. The number of nitrogens with zero attached hydrogens (tertiary/aromatic N) is 2. The molecular formula is C30H25BrN2O3S. The van der Waals surface area contributed by atoms with Crippen LogP contribution in [0, 0.1) is 0 Å². The van der Waals surface area contributed by atoms with E-state index in [0.29, 0.717) is 23.2 Å². The molecule has 0 radical (unpaired) electrons. The van der Waals surface area contributed by atoms with E-state index in [1.807, 2.05) is 85.8 Å². The van der Waals surface area contributed by atoms with E-state index in [-0.39, 0.29) is 5.91 Å². The van der Waals surface area contributed by atoms with Crippen LogP contribution in [0.25, 0.3) is 16.8 Å². The van der Waals surface area contributed by atoms with Crippen LogP contribution < -0.4 is 9.47 Å². The summed E-state index contributed by atoms with van der Waals surface area (Å²) in [4.78, 5) is 20.5. The first-order chi connectivity index (χ1) is 18.1. The second-order valence-electron chi connectivity index (χ2n) is 8.37. The molecule has 0 bridgehead atoms. The number of ether oxygens (including phenoxy) is 2. The van der Waals surface area contributed by atoms with Gasteiger partial charge in [-0.2, -0.15) is 0 Å². The highest BCUT2D eigenvalue weighted by Crippen LogP contribution is 2.38. The average molecular weight is 574 g/mol. The zero-order valence-corrected chi connectivity index (χ0v) is 22.9. The number of fused-ring (bicyclic) bond motifs is 1. The van der Waals surface area contributed by atoms with Crippen molar-refractivity contribution in [3.63, 3.8) is 0 Å². The highest BCUT2D eigenvalue weighted by Gasteiger charge is 2.32. The van der Waals surface area contributed by atoms with Gasteiger partial charge < -0.3 is 9.47 Å². The molecule has 0 aromatic heterocycles. The number of hydrogen-bond acceptors (Lipinski definition) is 5. The topological polar surface area (TPSA) is 51.1 Å². The van der Waals surface area contributed by atoms with Crippen molar-refractivity contribution in [3.8, 4) is 11.5 Å². The highest BCUT2D eigenvalue weighted by atomic mass is 79.9. The van der Waals surface area contributed by atoms with Gasteiger partial charge in [0.25, 0.3) is 5.91 Å². The van der Waals surface area contributed by atoms with E-state index in [4.69, 9.17) is 14.5 Å². The minimum absolute atomic E-state index is 0.0634. The monoisotopic (exact) mass is 572 g/mol. The summed E-state index contributed by atoms with van der Waals surface area (Å²) in [6.45, 7) is 2.91. The van der Waals surface area contributed by atoms with Crippen molar-refractivity contribution < 1.29 is 14.3 Å². The molecule has 7 heteroatoms. The Balaban J connectivity index is 1.51. The molecule has 1 heterocycles. The summed E-state index contributed by atoms with van der Waals surface area (Å²) >= 11 is 4.86. The summed E-state index contributed by atoms with van der Waals surface area (Å²) in [5, 5.41) is 2.77. The average Bonchev–Trinajstić information content (AvgIpc) is 3.22. The van der Waals surface area contributed by atoms with Crippen LogP contribution in [0.15, 0.2) is 99.3 Å². The molecule has 5 rings (SSSR count). The van der Waals surface area contributed by atoms with Crippen molar-refractivity contribution in [2.24, 2.45) is 4.99 Å². The standard InChI is InChI=1S/C30H25BrN2O3S/c1-3-33-29(34)28(37-30(33)32-23-13-15-24(35-2)16-14-23)18-26-25-7-5-4-6-21(25)10-17-27(26)36-19-20-8-11-22(31)12-9-20/h4-18H,3,19H2,1-2H3/b28-18+,32-30?. The molecule has 186 valence electrons. The van der Waals surface area contributed by atoms with E-state index in [9.17, 15) is 4.79 Å². The molecule has 0 N–H and O–H groups in total. The first kappa shape index (κ1) is 25.1. The number of rotatable bonds is 7. The van der Waals surface area contributed by atoms with Crippen molar-refractivity contribution >= 4 is 61.3 Å². The maximum Gasteiger partial charge on any atom is 0.266 e. The minimum Gasteiger partial charge on any atom is -0.497 e. The Morgan fingerprint density at radius 1 is 0.973 bits per heavy atom. The molecule has 1 amide bonds. The minimum atomic E-state index is -0.0634. The number of likely N-dealkylation sites (N-methyl/N-ethyl adjacent to an activating group) is 1. The number of amides is 1. The molecule has 4 aromatic rings. The number of methoxy groups -OCH3 is 1. The van der Waals surface area contributed by atoms with Crippen molar-refractivity contribution in [2.75, 3.05) is 13.7 Å². The molecule has 0 unspecified atom stereocenters. The Labute approximate surface area is 228 Å². The molecule has 5 nitrogen and oxygen atoms in total. The highest BCUT2D eigenvalue weighted by molar-refractivity contribution is 9.10. The van der Waals surface area contributed by atoms with E-state index in [1.54, 1.807) is 12.0 Å². The molecule has 1 aliphatic heterocycles. The SMILES string of the molecule is CCN1C(=O)/C(=C\c2c(OCc3ccc(Br)cc3)ccc3ccccc23)SC1=Nc1ccc(OC)cc1. The van der Waals surface area contributed by atoms with Gasteiger partial charge in [-0.05, 0) is 83.6 Å². The molecule has 0 spiro atoms. The summed E-state index contributed by atoms with van der Waals surface area (Å²) in [5.41, 5.74) is 2.71. The van der Waals surface area contributed by atoms with Crippen molar-refractivity contribution in [2.45, 2.75) is 13.5 Å². The third-order valence-electron chi connectivity index (χ3n) is 6.02. The zero-order valence-electron chi connectivity index (χ0n) is 20.5. The molecule has 0 aliphatic carbocycles. The Morgan fingerprint density at radius 2 is 1.73 bits per heavy atom. The van der Waals surface area contributed by atoms with E-state index in [1.165, 1.54) is 11.8 Å². The zero-order chi connectivity index (χ0) is 25.8. The summed E-state index contributed by atoms with van der Waals surface area (Å²) in [6.07, 6.45) is 1.94. The first-order valence-corrected chi connectivity index (χ1v) is 13.5. The lowest BCUT2D eigenvalue weighted by Crippen LogP contribution is -2.28. The largest absolute Gasteiger partial charge is 0.497 e. The van der Waals surface area contributed by atoms with Crippen LogP contribution in [0.2, 0.25) is 0 Å². The fraction of sp³-hybridized carbons (Fsp3) is 0.133.